The molecule has 7 heterocycles. The van der Waals surface area contributed by atoms with Crippen LogP contribution < -0.4 is 0 Å². The molecule has 20 aromatic carbocycles. The zero-order valence-corrected chi connectivity index (χ0v) is 93.3. The quantitative estimate of drug-likeness (QED) is 0.0797. The molecule has 0 saturated carbocycles. The van der Waals surface area contributed by atoms with Crippen molar-refractivity contribution in [2.45, 2.75) is 24.7 Å². The minimum atomic E-state index is -0.907. The first-order chi connectivity index (χ1) is 71.8. The Labute approximate surface area is 961 Å². The maximum atomic E-state index is 13.3. The number of carboxylic acid groups (broad SMARTS) is 1. The Morgan fingerprint density at radius 1 is 0.233 bits per heavy atom. The van der Waals surface area contributed by atoms with Crippen molar-refractivity contribution >= 4 is 164 Å². The third-order valence-electron chi connectivity index (χ3n) is 26.4. The van der Waals surface area contributed by atoms with Crippen LogP contribution in [0, 0.1) is 62.4 Å². The topological polar surface area (TPSA) is 148 Å². The fraction of sp³-hybridized carbons (Fsp3) is 0.0444. The molecule has 27 aromatic rings. The van der Waals surface area contributed by atoms with Gasteiger partial charge >= 0.3 is 27.2 Å². The van der Waals surface area contributed by atoms with Gasteiger partial charge in [0.1, 0.15) is 11.4 Å². The second-order valence-electron chi connectivity index (χ2n) is 35.7. The Balaban J connectivity index is 0.000000131. The number of carbonyl (C=O) groups is 2. The van der Waals surface area contributed by atoms with Gasteiger partial charge in [-0.2, -0.15) is 194 Å². The molecule has 15 heteroatoms. The summed E-state index contributed by atoms with van der Waals surface area (Å²) in [5.41, 5.74) is 15.3. The van der Waals surface area contributed by atoms with Gasteiger partial charge in [-0.15, -0.1) is 92.3 Å². The average molecular weight is 2340 g/mol. The number of benzene rings is 20. The largest absolute Gasteiger partial charge is 2.00 e. The van der Waals surface area contributed by atoms with E-state index in [1.807, 2.05) is 202 Å². The minimum absolute atomic E-state index is 0. The molecular formula is C135H92N8O3PtY3-6. The Hall–Kier alpha value is -15.0. The molecule has 1 amide bonds. The molecule has 0 aliphatic rings. The van der Waals surface area contributed by atoms with Crippen molar-refractivity contribution in [3.05, 3.63) is 595 Å². The molecule has 27 rings (SSSR count). The van der Waals surface area contributed by atoms with Crippen LogP contribution in [0.4, 0.5) is 4.79 Å². The van der Waals surface area contributed by atoms with Gasteiger partial charge in [-0.25, -0.2) is 14.8 Å². The van der Waals surface area contributed by atoms with Gasteiger partial charge in [0.15, 0.2) is 0 Å². The first kappa shape index (κ1) is 106. The zero-order valence-electron chi connectivity index (χ0n) is 82.5. The molecule has 7 aromatic heterocycles. The molecule has 1 N–H and O–H groups in total. The van der Waals surface area contributed by atoms with Crippen molar-refractivity contribution in [3.63, 3.8) is 0 Å². The number of hydrogen-bond acceptors (Lipinski definition) is 9. The van der Waals surface area contributed by atoms with Gasteiger partial charge in [0.25, 0.3) is 0 Å². The number of pyridine rings is 7. The molecular weight excluding hydrogens is 2240 g/mol. The van der Waals surface area contributed by atoms with E-state index in [1.165, 1.54) is 46.6 Å². The van der Waals surface area contributed by atoms with Gasteiger partial charge in [0, 0.05) is 183 Å². The smallest absolute Gasteiger partial charge is 0.465 e. The Bertz CT molecular complexity index is 8690. The molecule has 150 heavy (non-hydrogen) atoms. The van der Waals surface area contributed by atoms with Crippen LogP contribution in [0.5, 0.6) is 0 Å². The number of aryl methyl sites for hydroxylation is 2. The van der Waals surface area contributed by atoms with E-state index in [-0.39, 0.29) is 125 Å². The number of aromatic nitrogens is 7. The summed E-state index contributed by atoms with van der Waals surface area (Å²) < 4.78 is 0. The van der Waals surface area contributed by atoms with Crippen LogP contribution >= 0.6 is 0 Å². The number of fused-ring (bicyclic) bond motifs is 21. The predicted molar refractivity (Wildman–Crippen MR) is 597 cm³/mol. The van der Waals surface area contributed by atoms with Gasteiger partial charge in [0.2, 0.25) is 5.78 Å². The molecule has 0 bridgehead atoms. The van der Waals surface area contributed by atoms with Crippen LogP contribution in [0.25, 0.3) is 152 Å². The van der Waals surface area contributed by atoms with Crippen LogP contribution in [0.2, 0.25) is 0 Å². The number of rotatable bonds is 10. The van der Waals surface area contributed by atoms with Gasteiger partial charge in [-0.1, -0.05) is 256 Å². The Kier molecular flexibility index (Phi) is 34.7. The number of amides is 1. The second-order valence-corrected chi connectivity index (χ2v) is 35.7. The molecule has 0 aliphatic heterocycles. The van der Waals surface area contributed by atoms with Crippen molar-refractivity contribution in [2.75, 3.05) is 14.1 Å². The third-order valence-corrected chi connectivity index (χ3v) is 26.4. The second kappa shape index (κ2) is 49.0. The van der Waals surface area contributed by atoms with E-state index in [0.717, 1.165) is 180 Å². The Morgan fingerprint density at radius 2 is 0.473 bits per heavy atom. The van der Waals surface area contributed by atoms with Crippen LogP contribution in [0.15, 0.2) is 479 Å². The summed E-state index contributed by atoms with van der Waals surface area (Å²) in [6.07, 6.45) is -0.907. The minimum Gasteiger partial charge on any atom is -0.465 e. The summed E-state index contributed by atoms with van der Waals surface area (Å²) in [6.45, 7) is 4.06. The standard InChI is InChI=1S/C39H24N2.C39H22N2.C27H16N2O.C14H11N.C7H7.C6H5.C3H7NO2.Pt.3Y/c2*1-3-13-31(14-4-1)39(32-15-5-2-6-16-32,35-25-23-29-21-19-27-11-7-9-17-33(27)37(29)40-35)36-26-24-30-22-20-28-12-8-10-18-34(28)38(30)41-36;30-27(23-15-13-19-11-9-17-5-1-3-7-21(17)25(19)28-23)24-16-14-20-12-10-18-6-2-4-8-22(18)26(20)29-24;1-10-6-7-12-9-8-11-4-2-3-5-13(11)14(12)15-10;1-7-5-3-2-4-6-7;1-2-4-6-5-3-1;1-4(2)3(5)6;;;;/h1-13,15,17-26H;1-13,15,19-26H;1-16H;2-9H,1H3;2-5H,1H3;1-5H;1-2H3,(H,5,6);;;;/q-2;-4;;;2*-1;;+2;;;. The van der Waals surface area contributed by atoms with E-state index < -0.39 is 16.9 Å². The molecule has 0 atom stereocenters. The molecule has 0 saturated heterocycles. The van der Waals surface area contributed by atoms with Crippen LogP contribution in [-0.4, -0.2) is 70.9 Å². The molecule has 0 unspecified atom stereocenters. The first-order valence-corrected chi connectivity index (χ1v) is 48.3. The first-order valence-electron chi connectivity index (χ1n) is 48.3. The maximum absolute atomic E-state index is 13.3. The van der Waals surface area contributed by atoms with E-state index in [2.05, 4.69) is 333 Å². The fourth-order valence-electron chi connectivity index (χ4n) is 19.1. The van der Waals surface area contributed by atoms with Crippen molar-refractivity contribution in [3.8, 4) is 0 Å². The monoisotopic (exact) mass is 2330 g/mol. The number of nitrogens with zero attached hydrogens (tertiary/aromatic N) is 8. The van der Waals surface area contributed by atoms with Crippen molar-refractivity contribution in [1.82, 2.24) is 39.8 Å². The summed E-state index contributed by atoms with van der Waals surface area (Å²) in [5.74, 6) is -0.167. The summed E-state index contributed by atoms with van der Waals surface area (Å²) in [5, 5.41) is 31.1. The van der Waals surface area contributed by atoms with E-state index in [1.54, 1.807) is 12.1 Å². The number of ketones is 1. The van der Waals surface area contributed by atoms with E-state index in [0.29, 0.717) is 11.4 Å². The number of carbonyl (C=O) groups excluding carboxylic acids is 1. The zero-order chi connectivity index (χ0) is 99.3. The van der Waals surface area contributed by atoms with Crippen LogP contribution in [0.1, 0.15) is 72.5 Å². The number of hydrogen-bond donors (Lipinski definition) is 1. The van der Waals surface area contributed by atoms with Crippen molar-refractivity contribution in [1.29, 1.82) is 0 Å². The molecule has 715 valence electrons. The van der Waals surface area contributed by atoms with Crippen LogP contribution in [0.3, 0.4) is 0 Å². The van der Waals surface area contributed by atoms with Crippen molar-refractivity contribution in [2.24, 2.45) is 0 Å². The fourth-order valence-corrected chi connectivity index (χ4v) is 19.1. The van der Waals surface area contributed by atoms with Gasteiger partial charge in [-0.05, 0) is 98.1 Å². The summed E-state index contributed by atoms with van der Waals surface area (Å²) in [6, 6.07) is 189. The van der Waals surface area contributed by atoms with Gasteiger partial charge in [0.05, 0.1) is 49.8 Å². The maximum Gasteiger partial charge on any atom is 2.00 e. The summed E-state index contributed by atoms with van der Waals surface area (Å²) >= 11 is 0. The van der Waals surface area contributed by atoms with Crippen molar-refractivity contribution < 1.29 is 134 Å². The molecule has 0 spiro atoms. The molecule has 0 aliphatic carbocycles. The third kappa shape index (κ3) is 22.4. The van der Waals surface area contributed by atoms with E-state index in [9.17, 15) is 9.59 Å². The normalized spacial score (nSPS) is 10.9. The predicted octanol–water partition coefficient (Wildman–Crippen LogP) is 31.3. The molecule has 0 fully saturated rings. The summed E-state index contributed by atoms with van der Waals surface area (Å²) in [4.78, 5) is 59.8. The molecule has 3 radical (unpaired) electrons. The van der Waals surface area contributed by atoms with E-state index in [4.69, 9.17) is 35.0 Å². The summed E-state index contributed by atoms with van der Waals surface area (Å²) in [7, 11) is 2.95. The molecule has 11 nitrogen and oxygen atoms in total. The average Bonchev–Trinajstić information content (AvgIpc) is 0.720. The van der Waals surface area contributed by atoms with Crippen LogP contribution in [-0.2, 0) is 130 Å². The van der Waals surface area contributed by atoms with E-state index >= 15 is 0 Å². The van der Waals surface area contributed by atoms with Gasteiger partial charge in [-0.3, -0.25) is 29.7 Å². The SMILES string of the molecule is CN(C)C(=O)O.Cc1[c-]cccc1.Cc1ccc2ccc3ccccc3c2n1.O=C(c1ccc2ccc3ccccc3c2n1)c1ccc2ccc3ccccc3c2n1.[Pt+2].[Y].[Y].[Y].[c-]1ccccc1.[c-]1ccccc1C(c1[c-]cccc1)(c1ccc2ccc3ccc[c-]c3c2n1)c1ccc2ccc3ccc[c-]c3c2n1.[c-]1ccccc1C(c1[c-]cccc1)(c1ccc2ccc3ccccc3c2n1)c1ccc2ccc3ccccc3c2n1. The Morgan fingerprint density at radius 3 is 0.753 bits per heavy atom. The van der Waals surface area contributed by atoms with Gasteiger partial charge < -0.3 is 10.0 Å².